The van der Waals surface area contributed by atoms with Crippen LogP contribution in [0.3, 0.4) is 0 Å². The molecule has 35 heavy (non-hydrogen) atoms. The Morgan fingerprint density at radius 1 is 1.29 bits per heavy atom. The molecule has 0 bridgehead atoms. The second-order valence-electron chi connectivity index (χ2n) is 8.88. The lowest BCUT2D eigenvalue weighted by Gasteiger charge is -2.45. The van der Waals surface area contributed by atoms with Crippen molar-refractivity contribution in [2.75, 3.05) is 11.3 Å². The number of carboxylic acid groups (broad SMARTS) is 1. The third kappa shape index (κ3) is 5.23. The van der Waals surface area contributed by atoms with E-state index in [1.54, 1.807) is 4.68 Å². The molecule has 1 aliphatic heterocycles. The summed E-state index contributed by atoms with van der Waals surface area (Å²) in [4.78, 5) is 22.3. The second kappa shape index (κ2) is 9.43. The molecule has 1 aliphatic rings. The van der Waals surface area contributed by atoms with Gasteiger partial charge in [0.1, 0.15) is 11.3 Å². The molecule has 11 heteroatoms. The number of carbonyl (C=O) groups is 1. The molecular weight excluding hydrogens is 482 g/mol. The number of pyridine rings is 1. The Morgan fingerprint density at radius 3 is 2.49 bits per heavy atom. The molecule has 0 saturated heterocycles. The predicted octanol–water partition coefficient (Wildman–Crippen LogP) is 2.89. The lowest BCUT2D eigenvalue weighted by atomic mass is 9.94. The first-order chi connectivity index (χ1) is 16.2. The van der Waals surface area contributed by atoms with E-state index in [4.69, 9.17) is 0 Å². The maximum atomic E-state index is 13.2. The molecule has 2 aromatic rings. The molecule has 2 atom stereocenters. The molecule has 0 saturated carbocycles. The van der Waals surface area contributed by atoms with Gasteiger partial charge in [-0.25, -0.2) is 4.79 Å². The van der Waals surface area contributed by atoms with Crippen LogP contribution < -0.4 is 15.2 Å². The minimum Gasteiger partial charge on any atom is -0.477 e. The molecule has 3 rings (SSSR count). The van der Waals surface area contributed by atoms with E-state index in [1.165, 1.54) is 31.5 Å². The third-order valence-electron chi connectivity index (χ3n) is 6.09. The highest BCUT2D eigenvalue weighted by Gasteiger charge is 2.33. The van der Waals surface area contributed by atoms with Gasteiger partial charge in [0, 0.05) is 24.1 Å². The van der Waals surface area contributed by atoms with Crippen LogP contribution >= 0.6 is 0 Å². The van der Waals surface area contributed by atoms with E-state index in [0.29, 0.717) is 23.2 Å². The Morgan fingerprint density at radius 2 is 1.94 bits per heavy atom. The second-order valence-corrected chi connectivity index (χ2v) is 10.6. The van der Waals surface area contributed by atoms with E-state index in [1.807, 2.05) is 25.8 Å². The summed E-state index contributed by atoms with van der Waals surface area (Å²) in [5.74, 6) is 3.37. The number of ether oxygens (including phenoxy) is 1. The zero-order chi connectivity index (χ0) is 26.3. The summed E-state index contributed by atoms with van der Waals surface area (Å²) in [6, 6.07) is 3.99. The third-order valence-corrected chi connectivity index (χ3v) is 7.31. The summed E-state index contributed by atoms with van der Waals surface area (Å²) in [5, 5.41) is 21.6. The molecular formula is C24H26F2N2O6S. The summed E-state index contributed by atoms with van der Waals surface area (Å²) in [7, 11) is -1.73. The van der Waals surface area contributed by atoms with Crippen LogP contribution in [-0.4, -0.2) is 48.4 Å². The highest BCUT2D eigenvalue weighted by molar-refractivity contribution is 7.85. The van der Waals surface area contributed by atoms with Gasteiger partial charge in [0.25, 0.3) is 0 Å². The average molecular weight is 509 g/mol. The number of hydrogen-bond acceptors (Lipinski definition) is 6. The first-order valence-corrected chi connectivity index (χ1v) is 12.2. The number of carboxylic acids is 1. The molecule has 2 unspecified atom stereocenters. The van der Waals surface area contributed by atoms with Crippen molar-refractivity contribution in [1.82, 2.24) is 4.68 Å². The van der Waals surface area contributed by atoms with Gasteiger partial charge in [0.2, 0.25) is 0 Å². The van der Waals surface area contributed by atoms with E-state index in [0.717, 1.165) is 6.07 Å². The Balaban J connectivity index is 2.32. The van der Waals surface area contributed by atoms with Crippen LogP contribution in [0.4, 0.5) is 8.78 Å². The van der Waals surface area contributed by atoms with E-state index < -0.39 is 44.8 Å². The highest BCUT2D eigenvalue weighted by atomic mass is 32.2. The van der Waals surface area contributed by atoms with Gasteiger partial charge in [0.15, 0.2) is 10.4 Å². The number of aliphatic hydroxyl groups is 1. The molecule has 1 aromatic heterocycles. The monoisotopic (exact) mass is 508 g/mol. The van der Waals surface area contributed by atoms with Crippen molar-refractivity contribution in [2.24, 2.45) is 0 Å². The molecule has 0 amide bonds. The van der Waals surface area contributed by atoms with Gasteiger partial charge in [-0.05, 0) is 50.8 Å². The zero-order valence-electron chi connectivity index (χ0n) is 19.9. The maximum Gasteiger partial charge on any atom is 0.387 e. The van der Waals surface area contributed by atoms with Gasteiger partial charge < -0.3 is 20.0 Å². The van der Waals surface area contributed by atoms with Crippen LogP contribution in [0.2, 0.25) is 0 Å². The Hall–Kier alpha value is -3.23. The molecule has 0 fully saturated rings. The Labute approximate surface area is 203 Å². The van der Waals surface area contributed by atoms with Crippen LogP contribution in [0.5, 0.6) is 5.75 Å². The number of benzene rings is 1. The molecule has 0 radical (unpaired) electrons. The predicted molar refractivity (Wildman–Crippen MR) is 128 cm³/mol. The van der Waals surface area contributed by atoms with Crippen LogP contribution in [0.25, 0.3) is 11.3 Å². The molecule has 2 heterocycles. The number of aromatic carboxylic acids is 1. The first kappa shape index (κ1) is 26.4. The molecule has 1 aromatic carbocycles. The highest BCUT2D eigenvalue weighted by Crippen LogP contribution is 2.37. The zero-order valence-corrected chi connectivity index (χ0v) is 20.7. The summed E-state index contributed by atoms with van der Waals surface area (Å²) in [6.07, 6.45) is 3.17. The Bertz CT molecular complexity index is 1320. The Kier molecular flexibility index (Phi) is 7.11. The number of nitrogens with zero attached hydrogens (tertiary/aromatic N) is 2. The number of rotatable bonds is 6. The standard InChI is InChI=1S/C24H26F2N2O6S/c1-6-23(2,3)28-12-15-9-14(7-8-24(4,32)35(5)33)20(34-22(25)26)10-16(15)18-11-19(29)17(21(30)31)13-27(18)28/h9-11,13,22,32H,6,12H2,1-5H3,(H,30,31). The number of aromatic nitrogens is 1. The summed E-state index contributed by atoms with van der Waals surface area (Å²) in [5.41, 5.74) is -0.260. The van der Waals surface area contributed by atoms with Crippen molar-refractivity contribution in [1.29, 1.82) is 0 Å². The largest absolute Gasteiger partial charge is 0.477 e. The van der Waals surface area contributed by atoms with Gasteiger partial charge >= 0.3 is 12.6 Å². The fourth-order valence-electron chi connectivity index (χ4n) is 3.55. The van der Waals surface area contributed by atoms with Gasteiger partial charge in [-0.1, -0.05) is 12.8 Å². The normalized spacial score (nSPS) is 15.4. The number of hydrogen-bond donors (Lipinski definition) is 2. The number of fused-ring (bicyclic) bond motifs is 3. The van der Waals surface area contributed by atoms with Crippen LogP contribution in [-0.2, 0) is 17.3 Å². The van der Waals surface area contributed by atoms with Crippen LogP contribution in [0.1, 0.15) is 55.6 Å². The smallest absolute Gasteiger partial charge is 0.387 e. The van der Waals surface area contributed by atoms with E-state index in [9.17, 15) is 32.8 Å². The lowest BCUT2D eigenvalue weighted by Crippen LogP contribution is -2.52. The van der Waals surface area contributed by atoms with Crippen molar-refractivity contribution in [3.63, 3.8) is 0 Å². The van der Waals surface area contributed by atoms with E-state index in [2.05, 4.69) is 16.6 Å². The average Bonchev–Trinajstić information content (AvgIpc) is 2.76. The molecule has 8 nitrogen and oxygen atoms in total. The first-order valence-electron chi connectivity index (χ1n) is 10.7. The molecule has 0 aliphatic carbocycles. The van der Waals surface area contributed by atoms with Gasteiger partial charge in [-0.15, -0.1) is 0 Å². The number of alkyl halides is 2. The summed E-state index contributed by atoms with van der Waals surface area (Å²) < 4.78 is 44.4. The van der Waals surface area contributed by atoms with Gasteiger partial charge in [-0.2, -0.15) is 8.78 Å². The molecule has 2 N–H and O–H groups in total. The van der Waals surface area contributed by atoms with Crippen molar-refractivity contribution < 1.29 is 32.7 Å². The number of halogens is 2. The van der Waals surface area contributed by atoms with E-state index >= 15 is 0 Å². The lowest BCUT2D eigenvalue weighted by molar-refractivity contribution is -0.0500. The van der Waals surface area contributed by atoms with Crippen molar-refractivity contribution >= 4 is 16.8 Å². The minimum atomic E-state index is -3.18. The topological polar surface area (TPSA) is 109 Å². The van der Waals surface area contributed by atoms with Gasteiger partial charge in [0.05, 0.1) is 34.1 Å². The van der Waals surface area contributed by atoms with Crippen LogP contribution in [0.15, 0.2) is 29.2 Å². The SMILES string of the molecule is CCC(C)(C)N1Cc2cc(C#CC(C)(O)S(C)=O)c(OC(F)F)cc2-c2cc(=O)c(C(=O)O)cn21. The van der Waals surface area contributed by atoms with Crippen molar-refractivity contribution in [2.45, 2.75) is 57.7 Å². The molecule has 0 spiro atoms. The molecule has 188 valence electrons. The quantitative estimate of drug-likeness (QED) is 0.578. The summed E-state index contributed by atoms with van der Waals surface area (Å²) in [6.45, 7) is 4.16. The summed E-state index contributed by atoms with van der Waals surface area (Å²) >= 11 is 0. The van der Waals surface area contributed by atoms with Crippen molar-refractivity contribution in [3.05, 3.63) is 51.3 Å². The van der Waals surface area contributed by atoms with E-state index in [-0.39, 0.29) is 17.9 Å². The fraction of sp³-hybridized carbons (Fsp3) is 0.417. The maximum absolute atomic E-state index is 13.2. The van der Waals surface area contributed by atoms with Crippen molar-refractivity contribution in [3.8, 4) is 28.8 Å². The van der Waals surface area contributed by atoms with Crippen LogP contribution in [0, 0.1) is 11.8 Å². The minimum absolute atomic E-state index is 0.0435. The van der Waals surface area contributed by atoms with Gasteiger partial charge in [-0.3, -0.25) is 13.7 Å². The fourth-order valence-corrected chi connectivity index (χ4v) is 3.75.